The van der Waals surface area contributed by atoms with Crippen LogP contribution in [0.3, 0.4) is 0 Å². The van der Waals surface area contributed by atoms with Crippen molar-refractivity contribution in [2.75, 3.05) is 32.0 Å². The van der Waals surface area contributed by atoms with Crippen LogP contribution in [0.2, 0.25) is 0 Å². The predicted molar refractivity (Wildman–Crippen MR) is 82.8 cm³/mol. The molecular weight excluding hydrogens is 250 g/mol. The number of amides is 1. The molecule has 1 atom stereocenters. The second kappa shape index (κ2) is 8.02. The molecule has 2 rings (SSSR count). The molecule has 1 aliphatic heterocycles. The highest BCUT2D eigenvalue weighted by atomic mass is 16.1. The van der Waals surface area contributed by atoms with Crippen LogP contribution in [0, 0.1) is 0 Å². The average Bonchev–Trinajstić information content (AvgIpc) is 2.48. The molecule has 1 aromatic carbocycles. The van der Waals surface area contributed by atoms with Gasteiger partial charge in [-0.1, -0.05) is 24.6 Å². The molecule has 1 unspecified atom stereocenters. The topological polar surface area (TPSA) is 44.4 Å². The molecule has 1 amide bonds. The van der Waals surface area contributed by atoms with Crippen molar-refractivity contribution in [3.05, 3.63) is 30.3 Å². The van der Waals surface area contributed by atoms with Gasteiger partial charge in [0.1, 0.15) is 0 Å². The zero-order valence-corrected chi connectivity index (χ0v) is 12.3. The fourth-order valence-electron chi connectivity index (χ4n) is 2.81. The lowest BCUT2D eigenvalue weighted by Crippen LogP contribution is -2.45. The summed E-state index contributed by atoms with van der Waals surface area (Å²) < 4.78 is 0. The third-order valence-electron chi connectivity index (χ3n) is 3.87. The maximum absolute atomic E-state index is 12.0. The van der Waals surface area contributed by atoms with E-state index in [-0.39, 0.29) is 5.91 Å². The van der Waals surface area contributed by atoms with Crippen molar-refractivity contribution in [2.24, 2.45) is 0 Å². The Hall–Kier alpha value is -1.39. The van der Waals surface area contributed by atoms with Crippen LogP contribution < -0.4 is 10.6 Å². The molecule has 0 saturated carbocycles. The first kappa shape index (κ1) is 15.0. The molecule has 4 nitrogen and oxygen atoms in total. The molecule has 1 aromatic rings. The van der Waals surface area contributed by atoms with Crippen LogP contribution in [0.15, 0.2) is 30.3 Å². The van der Waals surface area contributed by atoms with Crippen molar-refractivity contribution >= 4 is 11.6 Å². The van der Waals surface area contributed by atoms with E-state index < -0.39 is 0 Å². The van der Waals surface area contributed by atoms with Crippen LogP contribution in [0.25, 0.3) is 0 Å². The number of piperidine rings is 1. The normalized spacial score (nSPS) is 19.8. The molecule has 20 heavy (non-hydrogen) atoms. The highest BCUT2D eigenvalue weighted by Gasteiger charge is 2.21. The van der Waals surface area contributed by atoms with Crippen molar-refractivity contribution < 1.29 is 4.79 Å². The predicted octanol–water partition coefficient (Wildman–Crippen LogP) is 2.09. The number of nitrogens with one attached hydrogen (secondary N) is 2. The summed E-state index contributed by atoms with van der Waals surface area (Å²) in [5.74, 6) is 0.102. The third kappa shape index (κ3) is 4.62. The van der Waals surface area contributed by atoms with Crippen molar-refractivity contribution in [3.8, 4) is 0 Å². The molecule has 4 heteroatoms. The lowest BCUT2D eigenvalue weighted by atomic mass is 10.0. The van der Waals surface area contributed by atoms with Gasteiger partial charge in [-0.15, -0.1) is 0 Å². The summed E-state index contributed by atoms with van der Waals surface area (Å²) in [5, 5.41) is 6.20. The largest absolute Gasteiger partial charge is 0.326 e. The first-order chi connectivity index (χ1) is 9.79. The molecular formula is C16H25N3O. The van der Waals surface area contributed by atoms with E-state index in [9.17, 15) is 4.79 Å². The minimum absolute atomic E-state index is 0.102. The number of rotatable bonds is 6. The SMILES string of the molecule is CNCC1CCCCN1CCC(=O)Nc1ccccc1. The van der Waals surface area contributed by atoms with Crippen molar-refractivity contribution in [3.63, 3.8) is 0 Å². The summed E-state index contributed by atoms with van der Waals surface area (Å²) >= 11 is 0. The summed E-state index contributed by atoms with van der Waals surface area (Å²) in [7, 11) is 1.99. The molecule has 1 heterocycles. The number of anilines is 1. The van der Waals surface area contributed by atoms with Gasteiger partial charge < -0.3 is 10.6 Å². The monoisotopic (exact) mass is 275 g/mol. The molecule has 110 valence electrons. The molecule has 0 radical (unpaired) electrons. The summed E-state index contributed by atoms with van der Waals surface area (Å²) in [6, 6.07) is 10.2. The van der Waals surface area contributed by atoms with Crippen molar-refractivity contribution in [1.29, 1.82) is 0 Å². The van der Waals surface area contributed by atoms with Crippen LogP contribution in [-0.4, -0.2) is 43.5 Å². The van der Waals surface area contributed by atoms with Crippen LogP contribution in [0.1, 0.15) is 25.7 Å². The van der Waals surface area contributed by atoms with Gasteiger partial charge in [-0.2, -0.15) is 0 Å². The van der Waals surface area contributed by atoms with Gasteiger partial charge in [0.25, 0.3) is 0 Å². The number of hydrogen-bond acceptors (Lipinski definition) is 3. The molecule has 0 spiro atoms. The highest BCUT2D eigenvalue weighted by Crippen LogP contribution is 2.16. The number of nitrogens with zero attached hydrogens (tertiary/aromatic N) is 1. The molecule has 2 N–H and O–H groups in total. The third-order valence-corrected chi connectivity index (χ3v) is 3.87. The lowest BCUT2D eigenvalue weighted by molar-refractivity contribution is -0.116. The first-order valence-electron chi connectivity index (χ1n) is 7.53. The summed E-state index contributed by atoms with van der Waals surface area (Å²) in [4.78, 5) is 14.4. The number of carbonyl (C=O) groups excluding carboxylic acids is 1. The van der Waals surface area contributed by atoms with E-state index in [4.69, 9.17) is 0 Å². The molecule has 0 aliphatic carbocycles. The number of likely N-dealkylation sites (tertiary alicyclic amines) is 1. The first-order valence-corrected chi connectivity index (χ1v) is 7.53. The van der Waals surface area contributed by atoms with E-state index in [0.29, 0.717) is 12.5 Å². The minimum atomic E-state index is 0.102. The fourth-order valence-corrected chi connectivity index (χ4v) is 2.81. The Kier molecular flexibility index (Phi) is 6.02. The van der Waals surface area contributed by atoms with Gasteiger partial charge >= 0.3 is 0 Å². The molecule has 1 saturated heterocycles. The van der Waals surface area contributed by atoms with Gasteiger partial charge in [-0.05, 0) is 38.6 Å². The maximum Gasteiger partial charge on any atom is 0.225 e. The van der Waals surface area contributed by atoms with E-state index in [1.165, 1.54) is 19.3 Å². The van der Waals surface area contributed by atoms with Crippen LogP contribution >= 0.6 is 0 Å². The van der Waals surface area contributed by atoms with E-state index in [1.807, 2.05) is 37.4 Å². The fraction of sp³-hybridized carbons (Fsp3) is 0.562. The molecule has 1 aliphatic rings. The standard InChI is InChI=1S/C16H25N3O/c1-17-13-15-9-5-6-11-19(15)12-10-16(20)18-14-7-3-2-4-8-14/h2-4,7-8,15,17H,5-6,9-13H2,1H3,(H,18,20). The Morgan fingerprint density at radius 2 is 2.10 bits per heavy atom. The Balaban J connectivity index is 1.77. The maximum atomic E-state index is 12.0. The second-order valence-corrected chi connectivity index (χ2v) is 5.41. The summed E-state index contributed by atoms with van der Waals surface area (Å²) in [6.45, 7) is 2.98. The zero-order chi connectivity index (χ0) is 14.2. The number of hydrogen-bond donors (Lipinski definition) is 2. The number of benzene rings is 1. The van der Waals surface area contributed by atoms with Gasteiger partial charge in [-0.3, -0.25) is 9.69 Å². The average molecular weight is 275 g/mol. The van der Waals surface area contributed by atoms with E-state index >= 15 is 0 Å². The van der Waals surface area contributed by atoms with E-state index in [0.717, 1.165) is 25.3 Å². The van der Waals surface area contributed by atoms with Gasteiger partial charge in [0.15, 0.2) is 0 Å². The number of likely N-dealkylation sites (N-methyl/N-ethyl adjacent to an activating group) is 1. The Morgan fingerprint density at radius 3 is 2.85 bits per heavy atom. The van der Waals surface area contributed by atoms with E-state index in [2.05, 4.69) is 15.5 Å². The zero-order valence-electron chi connectivity index (χ0n) is 12.3. The second-order valence-electron chi connectivity index (χ2n) is 5.41. The van der Waals surface area contributed by atoms with Crippen LogP contribution in [0.5, 0.6) is 0 Å². The lowest BCUT2D eigenvalue weighted by Gasteiger charge is -2.35. The quantitative estimate of drug-likeness (QED) is 0.835. The minimum Gasteiger partial charge on any atom is -0.326 e. The Morgan fingerprint density at radius 1 is 1.30 bits per heavy atom. The van der Waals surface area contributed by atoms with E-state index in [1.54, 1.807) is 0 Å². The van der Waals surface area contributed by atoms with Crippen molar-refractivity contribution in [1.82, 2.24) is 10.2 Å². The summed E-state index contributed by atoms with van der Waals surface area (Å²) in [5.41, 5.74) is 0.878. The Labute approximate surface area is 121 Å². The van der Waals surface area contributed by atoms with Gasteiger partial charge in [0, 0.05) is 31.2 Å². The van der Waals surface area contributed by atoms with Gasteiger partial charge in [-0.25, -0.2) is 0 Å². The molecule has 0 bridgehead atoms. The number of carbonyl (C=O) groups is 1. The van der Waals surface area contributed by atoms with Crippen molar-refractivity contribution in [2.45, 2.75) is 31.7 Å². The van der Waals surface area contributed by atoms with Gasteiger partial charge in [0.05, 0.1) is 0 Å². The van der Waals surface area contributed by atoms with Crippen LogP contribution in [0.4, 0.5) is 5.69 Å². The van der Waals surface area contributed by atoms with Gasteiger partial charge in [0.2, 0.25) is 5.91 Å². The summed E-state index contributed by atoms with van der Waals surface area (Å²) in [6.07, 6.45) is 4.36. The molecule has 0 aromatic heterocycles. The smallest absolute Gasteiger partial charge is 0.225 e. The molecule has 1 fully saturated rings. The number of para-hydroxylation sites is 1. The Bertz CT molecular complexity index is 405. The van der Waals surface area contributed by atoms with Crippen LogP contribution in [-0.2, 0) is 4.79 Å². The highest BCUT2D eigenvalue weighted by molar-refractivity contribution is 5.90.